The van der Waals surface area contributed by atoms with Gasteiger partial charge >= 0.3 is 0 Å². The highest BCUT2D eigenvalue weighted by molar-refractivity contribution is 7.99. The third-order valence-electron chi connectivity index (χ3n) is 4.32. The minimum Gasteiger partial charge on any atom is -0.316 e. The summed E-state index contributed by atoms with van der Waals surface area (Å²) in [5, 5.41) is 13.5. The molecule has 0 spiro atoms. The maximum atomic E-state index is 4.48. The van der Waals surface area contributed by atoms with E-state index in [0.29, 0.717) is 18.0 Å². The van der Waals surface area contributed by atoms with Crippen molar-refractivity contribution in [1.82, 2.24) is 20.1 Å². The van der Waals surface area contributed by atoms with Crippen molar-refractivity contribution in [3.8, 4) is 0 Å². The van der Waals surface area contributed by atoms with Gasteiger partial charge in [-0.1, -0.05) is 32.5 Å². The number of hydrogen-bond donors (Lipinski definition) is 1. The highest BCUT2D eigenvalue weighted by Gasteiger charge is 2.36. The van der Waals surface area contributed by atoms with Crippen molar-refractivity contribution in [3.63, 3.8) is 0 Å². The van der Waals surface area contributed by atoms with Gasteiger partial charge in [-0.2, -0.15) is 0 Å². The van der Waals surface area contributed by atoms with Crippen LogP contribution in [-0.4, -0.2) is 33.6 Å². The van der Waals surface area contributed by atoms with Crippen molar-refractivity contribution in [2.75, 3.05) is 12.8 Å². The van der Waals surface area contributed by atoms with Crippen molar-refractivity contribution in [1.29, 1.82) is 0 Å². The third kappa shape index (κ3) is 3.03. The van der Waals surface area contributed by atoms with Gasteiger partial charge in [0.15, 0.2) is 5.16 Å². The van der Waals surface area contributed by atoms with Gasteiger partial charge in [-0.25, -0.2) is 0 Å². The summed E-state index contributed by atoms with van der Waals surface area (Å²) in [7, 11) is 2.05. The summed E-state index contributed by atoms with van der Waals surface area (Å²) >= 11 is 1.87. The lowest BCUT2D eigenvalue weighted by atomic mass is 9.88. The van der Waals surface area contributed by atoms with E-state index in [1.165, 1.54) is 31.5 Å². The fraction of sp³-hybridized carbons (Fsp3) is 0.867. The molecule has 1 aromatic heterocycles. The zero-order valence-electron chi connectivity index (χ0n) is 13.0. The Morgan fingerprint density at radius 2 is 1.95 bits per heavy atom. The second kappa shape index (κ2) is 5.34. The number of aromatic nitrogens is 3. The molecule has 1 aromatic rings. The highest BCUT2D eigenvalue weighted by atomic mass is 32.2. The first-order chi connectivity index (χ1) is 9.50. The van der Waals surface area contributed by atoms with Gasteiger partial charge in [0, 0.05) is 23.8 Å². The molecule has 20 heavy (non-hydrogen) atoms. The van der Waals surface area contributed by atoms with Crippen LogP contribution in [0.3, 0.4) is 0 Å². The topological polar surface area (TPSA) is 42.7 Å². The molecular formula is C15H26N4S. The molecule has 1 unspecified atom stereocenters. The summed E-state index contributed by atoms with van der Waals surface area (Å²) in [5.41, 5.74) is 0.269. The molecular weight excluding hydrogens is 268 g/mol. The monoisotopic (exact) mass is 294 g/mol. The van der Waals surface area contributed by atoms with Crippen LogP contribution in [0.1, 0.15) is 64.2 Å². The van der Waals surface area contributed by atoms with E-state index >= 15 is 0 Å². The lowest BCUT2D eigenvalue weighted by Crippen LogP contribution is -2.40. The Morgan fingerprint density at radius 3 is 2.45 bits per heavy atom. The van der Waals surface area contributed by atoms with Gasteiger partial charge in [0.05, 0.1) is 0 Å². The van der Waals surface area contributed by atoms with Gasteiger partial charge in [0.2, 0.25) is 0 Å². The molecule has 1 N–H and O–H groups in total. The summed E-state index contributed by atoms with van der Waals surface area (Å²) in [6, 6.07) is 1.17. The van der Waals surface area contributed by atoms with Crippen molar-refractivity contribution in [2.24, 2.45) is 5.41 Å². The average molecular weight is 294 g/mol. The van der Waals surface area contributed by atoms with Crippen LogP contribution in [0, 0.1) is 5.41 Å². The first-order valence-corrected chi connectivity index (χ1v) is 8.74. The summed E-state index contributed by atoms with van der Waals surface area (Å²) < 4.78 is 2.44. The summed E-state index contributed by atoms with van der Waals surface area (Å²) in [6.45, 7) is 6.86. The minimum absolute atomic E-state index is 0.269. The number of thioether (sulfide) groups is 1. The Hall–Kier alpha value is -0.550. The van der Waals surface area contributed by atoms with E-state index in [0.717, 1.165) is 10.9 Å². The normalized spacial score (nSPS) is 21.2. The number of hydrogen-bond acceptors (Lipinski definition) is 4. The summed E-state index contributed by atoms with van der Waals surface area (Å²) in [5.74, 6) is 3.00. The SMILES string of the molecule is CNC(CSc1nnc(C2CC2)n1C1CC1)C(C)(C)C. The molecule has 2 aliphatic carbocycles. The Labute approximate surface area is 126 Å². The highest BCUT2D eigenvalue weighted by Crippen LogP contribution is 2.46. The van der Waals surface area contributed by atoms with Crippen molar-refractivity contribution >= 4 is 11.8 Å². The second-order valence-corrected chi connectivity index (χ2v) is 8.22. The zero-order valence-corrected chi connectivity index (χ0v) is 13.8. The number of rotatable bonds is 6. The Bertz CT molecular complexity index is 469. The third-order valence-corrected chi connectivity index (χ3v) is 5.35. The number of nitrogens with one attached hydrogen (secondary N) is 1. The van der Waals surface area contributed by atoms with Crippen LogP contribution in [0.2, 0.25) is 0 Å². The van der Waals surface area contributed by atoms with Crippen molar-refractivity contribution < 1.29 is 0 Å². The van der Waals surface area contributed by atoms with Gasteiger partial charge in [0.1, 0.15) is 5.82 Å². The van der Waals surface area contributed by atoms with Crippen LogP contribution >= 0.6 is 11.8 Å². The van der Waals surface area contributed by atoms with Crippen LogP contribution in [0.4, 0.5) is 0 Å². The maximum Gasteiger partial charge on any atom is 0.191 e. The van der Waals surface area contributed by atoms with E-state index in [2.05, 4.69) is 47.9 Å². The van der Waals surface area contributed by atoms with E-state index < -0.39 is 0 Å². The molecule has 0 aromatic carbocycles. The van der Waals surface area contributed by atoms with Gasteiger partial charge < -0.3 is 9.88 Å². The fourth-order valence-electron chi connectivity index (χ4n) is 2.61. The number of nitrogens with zero attached hydrogens (tertiary/aromatic N) is 3. The van der Waals surface area contributed by atoms with Gasteiger partial charge in [-0.3, -0.25) is 0 Å². The molecule has 0 amide bonds. The minimum atomic E-state index is 0.269. The van der Waals surface area contributed by atoms with Crippen LogP contribution < -0.4 is 5.32 Å². The summed E-state index contributed by atoms with van der Waals surface area (Å²) in [6.07, 6.45) is 5.22. The summed E-state index contributed by atoms with van der Waals surface area (Å²) in [4.78, 5) is 0. The van der Waals surface area contributed by atoms with E-state index in [9.17, 15) is 0 Å². The van der Waals surface area contributed by atoms with Crippen molar-refractivity contribution in [2.45, 2.75) is 69.6 Å². The molecule has 2 fully saturated rings. The molecule has 4 nitrogen and oxygen atoms in total. The molecule has 2 aliphatic rings. The zero-order chi connectivity index (χ0) is 14.3. The molecule has 3 rings (SSSR count). The van der Waals surface area contributed by atoms with Crippen LogP contribution in [-0.2, 0) is 0 Å². The predicted octanol–water partition coefficient (Wildman–Crippen LogP) is 3.22. The van der Waals surface area contributed by atoms with Crippen LogP contribution in [0.25, 0.3) is 0 Å². The van der Waals surface area contributed by atoms with Gasteiger partial charge in [-0.15, -0.1) is 10.2 Å². The first kappa shape index (κ1) is 14.4. The standard InChI is InChI=1S/C15H26N4S/c1-15(2,3)12(16-4)9-20-14-18-17-13(10-5-6-10)19(14)11-7-8-11/h10-12,16H,5-9H2,1-4H3. The van der Waals surface area contributed by atoms with Crippen molar-refractivity contribution in [3.05, 3.63) is 5.82 Å². The Morgan fingerprint density at radius 1 is 1.25 bits per heavy atom. The van der Waals surface area contributed by atoms with Crippen LogP contribution in [0.5, 0.6) is 0 Å². The molecule has 2 saturated carbocycles. The van der Waals surface area contributed by atoms with E-state index in [-0.39, 0.29) is 5.41 Å². The van der Waals surface area contributed by atoms with Gasteiger partial charge in [0.25, 0.3) is 0 Å². The smallest absolute Gasteiger partial charge is 0.191 e. The fourth-order valence-corrected chi connectivity index (χ4v) is 4.07. The molecule has 112 valence electrons. The molecule has 1 heterocycles. The second-order valence-electron chi connectivity index (χ2n) is 7.23. The van der Waals surface area contributed by atoms with E-state index in [4.69, 9.17) is 0 Å². The molecule has 0 aliphatic heterocycles. The average Bonchev–Trinajstić information content (AvgIpc) is 3.28. The molecule has 0 saturated heterocycles. The quantitative estimate of drug-likeness (QED) is 0.818. The Kier molecular flexibility index (Phi) is 3.84. The molecule has 0 bridgehead atoms. The van der Waals surface area contributed by atoms with E-state index in [1.54, 1.807) is 0 Å². The largest absolute Gasteiger partial charge is 0.316 e. The van der Waals surface area contributed by atoms with Crippen LogP contribution in [0.15, 0.2) is 5.16 Å². The molecule has 0 radical (unpaired) electrons. The molecule has 5 heteroatoms. The molecule has 1 atom stereocenters. The lowest BCUT2D eigenvalue weighted by molar-refractivity contribution is 0.305. The predicted molar refractivity (Wildman–Crippen MR) is 83.3 cm³/mol. The van der Waals surface area contributed by atoms with Gasteiger partial charge in [-0.05, 0) is 38.1 Å². The Balaban J connectivity index is 1.71. The maximum absolute atomic E-state index is 4.48. The lowest BCUT2D eigenvalue weighted by Gasteiger charge is -2.29. The van der Waals surface area contributed by atoms with E-state index in [1.807, 2.05) is 11.8 Å². The first-order valence-electron chi connectivity index (χ1n) is 7.75.